The average molecular weight is 269 g/mol. The van der Waals surface area contributed by atoms with Crippen molar-refractivity contribution < 1.29 is 5.11 Å². The van der Waals surface area contributed by atoms with E-state index in [-0.39, 0.29) is 0 Å². The van der Waals surface area contributed by atoms with Gasteiger partial charge in [0.1, 0.15) is 5.75 Å². The zero-order valence-corrected chi connectivity index (χ0v) is 12.3. The van der Waals surface area contributed by atoms with Crippen molar-refractivity contribution in [3.8, 4) is 5.75 Å². The first-order chi connectivity index (χ1) is 9.68. The molecule has 0 aliphatic carbocycles. The molecule has 106 valence electrons. The molecule has 0 bridgehead atoms. The van der Waals surface area contributed by atoms with E-state index in [0.29, 0.717) is 5.75 Å². The lowest BCUT2D eigenvalue weighted by atomic mass is 10.0. The van der Waals surface area contributed by atoms with Gasteiger partial charge in [0, 0.05) is 25.3 Å². The van der Waals surface area contributed by atoms with Gasteiger partial charge in [-0.2, -0.15) is 0 Å². The molecule has 2 heteroatoms. The molecule has 0 radical (unpaired) electrons. The lowest BCUT2D eigenvalue weighted by Crippen LogP contribution is -2.11. The van der Waals surface area contributed by atoms with Crippen molar-refractivity contribution >= 4 is 5.69 Å². The molecule has 0 aromatic heterocycles. The molecule has 0 atom stereocenters. The van der Waals surface area contributed by atoms with Crippen LogP contribution in [0.4, 0.5) is 5.69 Å². The normalized spacial score (nSPS) is 10.5. The fourth-order valence-electron chi connectivity index (χ4n) is 2.51. The SMILES string of the molecule is CN(C)c1cccc(O)c1CCCCc1ccccc1. The minimum atomic E-state index is 0.413. The van der Waals surface area contributed by atoms with E-state index in [1.165, 1.54) is 5.56 Å². The molecular formula is C18H23NO. The molecule has 2 aromatic carbocycles. The number of hydrogen-bond acceptors (Lipinski definition) is 2. The van der Waals surface area contributed by atoms with Crippen molar-refractivity contribution in [2.24, 2.45) is 0 Å². The highest BCUT2D eigenvalue weighted by atomic mass is 16.3. The Hall–Kier alpha value is -1.96. The van der Waals surface area contributed by atoms with E-state index in [0.717, 1.165) is 36.9 Å². The van der Waals surface area contributed by atoms with E-state index in [2.05, 4.69) is 41.3 Å². The Balaban J connectivity index is 1.91. The first-order valence-electron chi connectivity index (χ1n) is 7.20. The van der Waals surface area contributed by atoms with Gasteiger partial charge in [-0.25, -0.2) is 0 Å². The van der Waals surface area contributed by atoms with Crippen LogP contribution in [0.15, 0.2) is 48.5 Å². The van der Waals surface area contributed by atoms with Gasteiger partial charge in [0.25, 0.3) is 0 Å². The van der Waals surface area contributed by atoms with E-state index >= 15 is 0 Å². The summed E-state index contributed by atoms with van der Waals surface area (Å²) in [6.45, 7) is 0. The third-order valence-electron chi connectivity index (χ3n) is 3.59. The second kappa shape index (κ2) is 6.99. The summed E-state index contributed by atoms with van der Waals surface area (Å²) in [5, 5.41) is 10.0. The van der Waals surface area contributed by atoms with Gasteiger partial charge >= 0.3 is 0 Å². The van der Waals surface area contributed by atoms with Gasteiger partial charge in [-0.05, 0) is 43.4 Å². The Labute approximate surface area is 121 Å². The van der Waals surface area contributed by atoms with Crippen LogP contribution in [-0.4, -0.2) is 19.2 Å². The maximum absolute atomic E-state index is 10.0. The second-order valence-electron chi connectivity index (χ2n) is 5.36. The first kappa shape index (κ1) is 14.4. The molecule has 0 saturated heterocycles. The molecule has 0 spiro atoms. The number of aryl methyl sites for hydroxylation is 1. The van der Waals surface area contributed by atoms with Gasteiger partial charge in [0.05, 0.1) is 0 Å². The standard InChI is InChI=1S/C18H23NO/c1-19(2)17-13-8-14-18(20)16(17)12-7-6-11-15-9-4-3-5-10-15/h3-5,8-10,13-14,20H,6-7,11-12H2,1-2H3. The third kappa shape index (κ3) is 3.77. The molecule has 2 rings (SSSR count). The maximum Gasteiger partial charge on any atom is 0.120 e. The topological polar surface area (TPSA) is 23.5 Å². The number of rotatable bonds is 6. The van der Waals surface area contributed by atoms with E-state index in [1.807, 2.05) is 20.2 Å². The highest BCUT2D eigenvalue weighted by Crippen LogP contribution is 2.29. The minimum absolute atomic E-state index is 0.413. The van der Waals surface area contributed by atoms with Crippen LogP contribution >= 0.6 is 0 Å². The molecule has 20 heavy (non-hydrogen) atoms. The van der Waals surface area contributed by atoms with E-state index in [1.54, 1.807) is 6.07 Å². The van der Waals surface area contributed by atoms with Crippen molar-refractivity contribution in [2.75, 3.05) is 19.0 Å². The number of aromatic hydroxyl groups is 1. The van der Waals surface area contributed by atoms with Crippen LogP contribution < -0.4 is 4.90 Å². The summed E-state index contributed by atoms with van der Waals surface area (Å²) in [5.74, 6) is 0.413. The zero-order valence-electron chi connectivity index (χ0n) is 12.3. The molecular weight excluding hydrogens is 246 g/mol. The van der Waals surface area contributed by atoms with Crippen LogP contribution in [0.1, 0.15) is 24.0 Å². The largest absolute Gasteiger partial charge is 0.508 e. The number of phenols is 1. The third-order valence-corrected chi connectivity index (χ3v) is 3.59. The lowest BCUT2D eigenvalue weighted by molar-refractivity contribution is 0.466. The molecule has 0 heterocycles. The van der Waals surface area contributed by atoms with Crippen molar-refractivity contribution in [3.63, 3.8) is 0 Å². The van der Waals surface area contributed by atoms with Gasteiger partial charge in [-0.1, -0.05) is 36.4 Å². The molecule has 1 N–H and O–H groups in total. The van der Waals surface area contributed by atoms with Crippen LogP contribution in [0.25, 0.3) is 0 Å². The second-order valence-corrected chi connectivity index (χ2v) is 5.36. The Morgan fingerprint density at radius 3 is 2.25 bits per heavy atom. The smallest absolute Gasteiger partial charge is 0.120 e. The predicted molar refractivity (Wildman–Crippen MR) is 85.5 cm³/mol. The molecule has 0 aliphatic heterocycles. The number of hydrogen-bond donors (Lipinski definition) is 1. The molecule has 0 unspecified atom stereocenters. The quantitative estimate of drug-likeness (QED) is 0.801. The van der Waals surface area contributed by atoms with Gasteiger partial charge in [0.2, 0.25) is 0 Å². The highest BCUT2D eigenvalue weighted by Gasteiger charge is 2.08. The molecule has 0 amide bonds. The van der Waals surface area contributed by atoms with Crippen molar-refractivity contribution in [1.29, 1.82) is 0 Å². The van der Waals surface area contributed by atoms with Gasteiger partial charge in [-0.3, -0.25) is 0 Å². The average Bonchev–Trinajstić information content (AvgIpc) is 2.45. The number of unbranched alkanes of at least 4 members (excludes halogenated alkanes) is 1. The van der Waals surface area contributed by atoms with Gasteiger partial charge in [-0.15, -0.1) is 0 Å². The molecule has 0 saturated carbocycles. The summed E-state index contributed by atoms with van der Waals surface area (Å²) < 4.78 is 0. The maximum atomic E-state index is 10.0. The van der Waals surface area contributed by atoms with Crippen LogP contribution in [0.2, 0.25) is 0 Å². The highest BCUT2D eigenvalue weighted by molar-refractivity contribution is 5.58. The Morgan fingerprint density at radius 1 is 0.850 bits per heavy atom. The summed E-state index contributed by atoms with van der Waals surface area (Å²) >= 11 is 0. The van der Waals surface area contributed by atoms with Crippen molar-refractivity contribution in [1.82, 2.24) is 0 Å². The van der Waals surface area contributed by atoms with Crippen LogP contribution in [-0.2, 0) is 12.8 Å². The number of nitrogens with zero attached hydrogens (tertiary/aromatic N) is 1. The molecule has 0 fully saturated rings. The summed E-state index contributed by atoms with van der Waals surface area (Å²) in [4.78, 5) is 2.06. The van der Waals surface area contributed by atoms with Crippen LogP contribution in [0.3, 0.4) is 0 Å². The number of benzene rings is 2. The van der Waals surface area contributed by atoms with E-state index < -0.39 is 0 Å². The van der Waals surface area contributed by atoms with Crippen LogP contribution in [0.5, 0.6) is 5.75 Å². The Bertz CT molecular complexity index is 534. The fraction of sp³-hybridized carbons (Fsp3) is 0.333. The molecule has 0 aliphatic rings. The summed E-state index contributed by atoms with van der Waals surface area (Å²) in [6, 6.07) is 16.3. The molecule has 2 nitrogen and oxygen atoms in total. The Morgan fingerprint density at radius 2 is 1.55 bits per heavy atom. The first-order valence-corrected chi connectivity index (χ1v) is 7.20. The Kier molecular flexibility index (Phi) is 5.05. The number of anilines is 1. The number of phenolic OH excluding ortho intramolecular Hbond substituents is 1. The summed E-state index contributed by atoms with van der Waals surface area (Å²) in [6.07, 6.45) is 4.26. The minimum Gasteiger partial charge on any atom is -0.508 e. The zero-order chi connectivity index (χ0) is 14.4. The van der Waals surface area contributed by atoms with Gasteiger partial charge < -0.3 is 10.0 Å². The van der Waals surface area contributed by atoms with Crippen molar-refractivity contribution in [3.05, 3.63) is 59.7 Å². The summed E-state index contributed by atoms with van der Waals surface area (Å²) in [5.41, 5.74) is 3.56. The van der Waals surface area contributed by atoms with E-state index in [4.69, 9.17) is 0 Å². The predicted octanol–water partition coefficient (Wildman–Crippen LogP) is 4.02. The van der Waals surface area contributed by atoms with Crippen LogP contribution in [0, 0.1) is 0 Å². The monoisotopic (exact) mass is 269 g/mol. The van der Waals surface area contributed by atoms with Gasteiger partial charge in [0.15, 0.2) is 0 Å². The fourth-order valence-corrected chi connectivity index (χ4v) is 2.51. The van der Waals surface area contributed by atoms with Crippen molar-refractivity contribution in [2.45, 2.75) is 25.7 Å². The molecule has 2 aromatic rings. The summed E-state index contributed by atoms with van der Waals surface area (Å²) in [7, 11) is 4.03. The van der Waals surface area contributed by atoms with E-state index in [9.17, 15) is 5.11 Å². The lowest BCUT2D eigenvalue weighted by Gasteiger charge is -2.18.